The second-order valence-electron chi connectivity index (χ2n) is 7.04. The van der Waals surface area contributed by atoms with Gasteiger partial charge in [-0.25, -0.2) is 12.7 Å². The summed E-state index contributed by atoms with van der Waals surface area (Å²) >= 11 is 0. The molecule has 2 N–H and O–H groups in total. The van der Waals surface area contributed by atoms with Gasteiger partial charge in [-0.2, -0.15) is 0 Å². The molecule has 0 aliphatic carbocycles. The van der Waals surface area contributed by atoms with Crippen LogP contribution in [0, 0.1) is 6.92 Å². The highest BCUT2D eigenvalue weighted by Crippen LogP contribution is 2.32. The van der Waals surface area contributed by atoms with Gasteiger partial charge in [-0.3, -0.25) is 4.79 Å². The molecule has 1 aliphatic heterocycles. The molecule has 9 heteroatoms. The van der Waals surface area contributed by atoms with Crippen molar-refractivity contribution in [2.75, 3.05) is 26.2 Å². The SMILES string of the molecule is Cc1ccc(S(=O)(=O)N(C)C)cc1NC(=O)[C@@H](C)NCc1ccc2c(c1)OCO2. The van der Waals surface area contributed by atoms with E-state index in [1.807, 2.05) is 25.1 Å². The molecular weight excluding hydrogens is 394 g/mol. The average molecular weight is 420 g/mol. The molecule has 1 heterocycles. The van der Waals surface area contributed by atoms with Crippen LogP contribution in [0.3, 0.4) is 0 Å². The lowest BCUT2D eigenvalue weighted by Gasteiger charge is -2.17. The van der Waals surface area contributed by atoms with Crippen molar-refractivity contribution in [3.05, 3.63) is 47.5 Å². The molecule has 0 unspecified atom stereocenters. The molecule has 1 amide bonds. The van der Waals surface area contributed by atoms with Gasteiger partial charge in [0.2, 0.25) is 22.7 Å². The normalized spacial score (nSPS) is 14.1. The minimum atomic E-state index is -3.58. The van der Waals surface area contributed by atoms with Crippen LogP contribution in [-0.2, 0) is 21.4 Å². The highest BCUT2D eigenvalue weighted by Gasteiger charge is 2.20. The number of hydrogen-bond donors (Lipinski definition) is 2. The number of sulfonamides is 1. The zero-order valence-corrected chi connectivity index (χ0v) is 17.7. The molecule has 0 saturated carbocycles. The molecule has 0 saturated heterocycles. The van der Waals surface area contributed by atoms with Gasteiger partial charge in [-0.05, 0) is 49.2 Å². The topological polar surface area (TPSA) is 97.0 Å². The van der Waals surface area contributed by atoms with Crippen LogP contribution in [0.5, 0.6) is 11.5 Å². The smallest absolute Gasteiger partial charge is 0.242 e. The maximum Gasteiger partial charge on any atom is 0.242 e. The molecule has 29 heavy (non-hydrogen) atoms. The van der Waals surface area contributed by atoms with E-state index in [0.29, 0.717) is 23.7 Å². The molecule has 156 valence electrons. The summed E-state index contributed by atoms with van der Waals surface area (Å²) in [6, 6.07) is 9.81. The first kappa shape index (κ1) is 21.1. The second kappa shape index (κ2) is 8.40. The predicted octanol–water partition coefficient (Wildman–Crippen LogP) is 2.09. The highest BCUT2D eigenvalue weighted by atomic mass is 32.2. The van der Waals surface area contributed by atoms with Crippen molar-refractivity contribution < 1.29 is 22.7 Å². The van der Waals surface area contributed by atoms with E-state index in [9.17, 15) is 13.2 Å². The van der Waals surface area contributed by atoms with E-state index in [1.165, 1.54) is 26.2 Å². The Hall–Kier alpha value is -2.62. The molecule has 0 fully saturated rings. The van der Waals surface area contributed by atoms with E-state index in [0.717, 1.165) is 15.4 Å². The van der Waals surface area contributed by atoms with E-state index in [1.54, 1.807) is 13.0 Å². The summed E-state index contributed by atoms with van der Waals surface area (Å²) in [5.74, 6) is 1.15. The summed E-state index contributed by atoms with van der Waals surface area (Å²) < 4.78 is 36.5. The Balaban J connectivity index is 1.65. The summed E-state index contributed by atoms with van der Waals surface area (Å²) in [4.78, 5) is 12.7. The third kappa shape index (κ3) is 4.69. The number of carbonyl (C=O) groups is 1. The zero-order chi connectivity index (χ0) is 21.2. The lowest BCUT2D eigenvalue weighted by atomic mass is 10.1. The third-order valence-corrected chi connectivity index (χ3v) is 6.50. The van der Waals surface area contributed by atoms with Crippen molar-refractivity contribution in [1.82, 2.24) is 9.62 Å². The van der Waals surface area contributed by atoms with Gasteiger partial charge >= 0.3 is 0 Å². The lowest BCUT2D eigenvalue weighted by molar-refractivity contribution is -0.117. The maximum atomic E-state index is 12.6. The number of aryl methyl sites for hydroxylation is 1. The third-order valence-electron chi connectivity index (χ3n) is 4.69. The number of anilines is 1. The minimum Gasteiger partial charge on any atom is -0.454 e. The van der Waals surface area contributed by atoms with E-state index < -0.39 is 16.1 Å². The molecule has 1 atom stereocenters. The number of ether oxygens (including phenoxy) is 2. The maximum absolute atomic E-state index is 12.6. The van der Waals surface area contributed by atoms with Gasteiger partial charge in [0.25, 0.3) is 0 Å². The highest BCUT2D eigenvalue weighted by molar-refractivity contribution is 7.89. The van der Waals surface area contributed by atoms with Crippen LogP contribution in [0.2, 0.25) is 0 Å². The van der Waals surface area contributed by atoms with Gasteiger partial charge < -0.3 is 20.1 Å². The first-order valence-electron chi connectivity index (χ1n) is 9.14. The van der Waals surface area contributed by atoms with Crippen molar-refractivity contribution in [3.8, 4) is 11.5 Å². The molecule has 2 aromatic carbocycles. The average Bonchev–Trinajstić information content (AvgIpc) is 3.15. The Kier molecular flexibility index (Phi) is 6.11. The molecular formula is C20H25N3O5S. The monoisotopic (exact) mass is 419 g/mol. The van der Waals surface area contributed by atoms with Crippen LogP contribution in [-0.4, -0.2) is 45.6 Å². The van der Waals surface area contributed by atoms with Gasteiger partial charge in [0.05, 0.1) is 10.9 Å². The Morgan fingerprint density at radius 1 is 1.14 bits per heavy atom. The Labute approximate surface area is 170 Å². The summed E-state index contributed by atoms with van der Waals surface area (Å²) in [7, 11) is -0.644. The fraction of sp³-hybridized carbons (Fsp3) is 0.350. The predicted molar refractivity (Wildman–Crippen MR) is 110 cm³/mol. The summed E-state index contributed by atoms with van der Waals surface area (Å²) in [5, 5.41) is 5.97. The van der Waals surface area contributed by atoms with Gasteiger partial charge in [0, 0.05) is 26.3 Å². The van der Waals surface area contributed by atoms with Crippen LogP contribution in [0.25, 0.3) is 0 Å². The summed E-state index contributed by atoms with van der Waals surface area (Å²) in [6.45, 7) is 4.25. The van der Waals surface area contributed by atoms with E-state index in [4.69, 9.17) is 9.47 Å². The van der Waals surface area contributed by atoms with Crippen LogP contribution in [0.4, 0.5) is 5.69 Å². The summed E-state index contributed by atoms with van der Waals surface area (Å²) in [5.41, 5.74) is 2.21. The zero-order valence-electron chi connectivity index (χ0n) is 16.9. The van der Waals surface area contributed by atoms with Gasteiger partial charge in [-0.15, -0.1) is 0 Å². The number of rotatable bonds is 7. The van der Waals surface area contributed by atoms with Gasteiger partial charge in [0.1, 0.15) is 0 Å². The van der Waals surface area contributed by atoms with Crippen molar-refractivity contribution in [1.29, 1.82) is 0 Å². The van der Waals surface area contributed by atoms with Crippen LogP contribution in [0.1, 0.15) is 18.1 Å². The van der Waals surface area contributed by atoms with Crippen LogP contribution in [0.15, 0.2) is 41.3 Å². The first-order valence-corrected chi connectivity index (χ1v) is 10.6. The molecule has 0 aromatic heterocycles. The molecule has 0 radical (unpaired) electrons. The van der Waals surface area contributed by atoms with Gasteiger partial charge in [0.15, 0.2) is 11.5 Å². The number of benzene rings is 2. The molecule has 2 aromatic rings. The van der Waals surface area contributed by atoms with Crippen molar-refractivity contribution in [2.45, 2.75) is 31.3 Å². The molecule has 3 rings (SSSR count). The number of hydrogen-bond acceptors (Lipinski definition) is 6. The molecule has 1 aliphatic rings. The Morgan fingerprint density at radius 3 is 2.59 bits per heavy atom. The fourth-order valence-corrected chi connectivity index (χ4v) is 3.69. The molecule has 0 bridgehead atoms. The number of nitrogens with one attached hydrogen (secondary N) is 2. The standard InChI is InChI=1S/C20H25N3O5S/c1-13-5-7-16(29(25,26)23(3)4)10-17(13)22-20(24)14(2)21-11-15-6-8-18-19(9-15)28-12-27-18/h5-10,14,21H,11-12H2,1-4H3,(H,22,24)/t14-/m1/s1. The van der Waals surface area contributed by atoms with Crippen LogP contribution >= 0.6 is 0 Å². The fourth-order valence-electron chi connectivity index (χ4n) is 2.76. The van der Waals surface area contributed by atoms with E-state index in [2.05, 4.69) is 10.6 Å². The minimum absolute atomic E-state index is 0.129. The van der Waals surface area contributed by atoms with Crippen molar-refractivity contribution in [2.24, 2.45) is 0 Å². The number of carbonyl (C=O) groups excluding carboxylic acids is 1. The number of amides is 1. The largest absolute Gasteiger partial charge is 0.454 e. The molecule has 8 nitrogen and oxygen atoms in total. The quantitative estimate of drug-likeness (QED) is 0.713. The Morgan fingerprint density at radius 2 is 1.86 bits per heavy atom. The Bertz CT molecular complexity index is 1020. The number of nitrogens with zero attached hydrogens (tertiary/aromatic N) is 1. The second-order valence-corrected chi connectivity index (χ2v) is 9.20. The van der Waals surface area contributed by atoms with Crippen LogP contribution < -0.4 is 20.1 Å². The molecule has 0 spiro atoms. The van der Waals surface area contributed by atoms with Crippen molar-refractivity contribution >= 4 is 21.6 Å². The lowest BCUT2D eigenvalue weighted by Crippen LogP contribution is -2.37. The summed E-state index contributed by atoms with van der Waals surface area (Å²) in [6.07, 6.45) is 0. The first-order chi connectivity index (χ1) is 13.7. The van der Waals surface area contributed by atoms with E-state index >= 15 is 0 Å². The van der Waals surface area contributed by atoms with Gasteiger partial charge in [-0.1, -0.05) is 12.1 Å². The van der Waals surface area contributed by atoms with E-state index in [-0.39, 0.29) is 17.6 Å². The number of fused-ring (bicyclic) bond motifs is 1. The van der Waals surface area contributed by atoms with Crippen molar-refractivity contribution in [3.63, 3.8) is 0 Å².